The van der Waals surface area contributed by atoms with Crippen LogP contribution < -0.4 is 5.69 Å². The Morgan fingerprint density at radius 1 is 1.24 bits per heavy atom. The Labute approximate surface area is 171 Å². The fraction of sp³-hybridized carbons (Fsp3) is 0.500. The number of rotatable bonds is 8. The van der Waals surface area contributed by atoms with Crippen molar-refractivity contribution in [2.75, 3.05) is 32.5 Å². The molecule has 1 aliphatic rings. The molecule has 0 N–H and O–H groups in total. The Bertz CT molecular complexity index is 987. The van der Waals surface area contributed by atoms with Crippen molar-refractivity contribution in [2.45, 2.75) is 32.4 Å². The van der Waals surface area contributed by atoms with Crippen LogP contribution in [-0.2, 0) is 20.8 Å². The SMILES string of the molecule is CC(=Cc1ccccc1)CN1CCC(n2cnn(CCOS(C)(=O)=O)c2=O)CC1. The van der Waals surface area contributed by atoms with Gasteiger partial charge in [0.1, 0.15) is 6.33 Å². The normalized spacial score (nSPS) is 17.0. The van der Waals surface area contributed by atoms with Crippen molar-refractivity contribution in [3.8, 4) is 0 Å². The molecule has 0 unspecified atom stereocenters. The summed E-state index contributed by atoms with van der Waals surface area (Å²) in [4.78, 5) is 14.9. The molecule has 2 heterocycles. The third-order valence-corrected chi connectivity index (χ3v) is 5.59. The number of benzene rings is 1. The van der Waals surface area contributed by atoms with Crippen LogP contribution >= 0.6 is 0 Å². The minimum atomic E-state index is -3.52. The second-order valence-electron chi connectivity index (χ2n) is 7.48. The standard InChI is InChI=1S/C20H28N4O4S/c1-17(14-18-6-4-3-5-7-18)15-22-10-8-19(9-11-22)23-16-21-24(20(23)25)12-13-28-29(2,26)27/h3-7,14,16,19H,8-13,15H2,1-2H3. The maximum absolute atomic E-state index is 12.5. The first kappa shape index (κ1) is 21.5. The summed E-state index contributed by atoms with van der Waals surface area (Å²) in [6, 6.07) is 10.4. The molecule has 0 aliphatic carbocycles. The molecule has 0 radical (unpaired) electrons. The van der Waals surface area contributed by atoms with Crippen LogP contribution in [0.1, 0.15) is 31.4 Å². The van der Waals surface area contributed by atoms with E-state index in [-0.39, 0.29) is 24.9 Å². The van der Waals surface area contributed by atoms with E-state index < -0.39 is 10.1 Å². The van der Waals surface area contributed by atoms with Gasteiger partial charge in [-0.25, -0.2) is 9.48 Å². The smallest absolute Gasteiger partial charge is 0.299 e. The zero-order valence-corrected chi connectivity index (χ0v) is 17.7. The second kappa shape index (κ2) is 9.51. The molecule has 2 aromatic rings. The Morgan fingerprint density at radius 2 is 1.93 bits per heavy atom. The summed E-state index contributed by atoms with van der Waals surface area (Å²) in [5.41, 5.74) is 2.30. The summed E-state index contributed by atoms with van der Waals surface area (Å²) in [5.74, 6) is 0. The van der Waals surface area contributed by atoms with E-state index in [1.807, 2.05) is 18.2 Å². The zero-order chi connectivity index (χ0) is 20.9. The van der Waals surface area contributed by atoms with Crippen LogP contribution in [0.5, 0.6) is 0 Å². The van der Waals surface area contributed by atoms with Gasteiger partial charge in [0.05, 0.1) is 19.4 Å². The van der Waals surface area contributed by atoms with Gasteiger partial charge in [-0.15, -0.1) is 0 Å². The van der Waals surface area contributed by atoms with Crippen LogP contribution in [0.2, 0.25) is 0 Å². The van der Waals surface area contributed by atoms with Gasteiger partial charge in [0.2, 0.25) is 0 Å². The predicted octanol–water partition coefficient (Wildman–Crippen LogP) is 1.76. The molecule has 0 spiro atoms. The van der Waals surface area contributed by atoms with Gasteiger partial charge < -0.3 is 0 Å². The van der Waals surface area contributed by atoms with Gasteiger partial charge in [0.25, 0.3) is 10.1 Å². The number of nitrogens with zero attached hydrogens (tertiary/aromatic N) is 4. The van der Waals surface area contributed by atoms with Crippen LogP contribution in [0.3, 0.4) is 0 Å². The molecule has 0 bridgehead atoms. The van der Waals surface area contributed by atoms with E-state index in [1.165, 1.54) is 15.8 Å². The molecule has 9 heteroatoms. The summed E-state index contributed by atoms with van der Waals surface area (Å²) < 4.78 is 29.6. The van der Waals surface area contributed by atoms with E-state index in [9.17, 15) is 13.2 Å². The maximum atomic E-state index is 12.5. The number of hydrogen-bond acceptors (Lipinski definition) is 6. The van der Waals surface area contributed by atoms with Gasteiger partial charge >= 0.3 is 5.69 Å². The summed E-state index contributed by atoms with van der Waals surface area (Å²) in [6.45, 7) is 4.91. The highest BCUT2D eigenvalue weighted by molar-refractivity contribution is 7.85. The third kappa shape index (κ3) is 6.38. The minimum absolute atomic E-state index is 0.0960. The molecule has 1 saturated heterocycles. The highest BCUT2D eigenvalue weighted by atomic mass is 32.2. The largest absolute Gasteiger partial charge is 0.346 e. The minimum Gasteiger partial charge on any atom is -0.299 e. The molecule has 0 atom stereocenters. The average molecular weight is 421 g/mol. The molecule has 1 aliphatic heterocycles. The van der Waals surface area contributed by atoms with Gasteiger partial charge in [0, 0.05) is 25.7 Å². The number of aromatic nitrogens is 3. The molecule has 0 saturated carbocycles. The van der Waals surface area contributed by atoms with Crippen molar-refractivity contribution in [3.63, 3.8) is 0 Å². The highest BCUT2D eigenvalue weighted by Gasteiger charge is 2.23. The van der Waals surface area contributed by atoms with Crippen LogP contribution in [0.25, 0.3) is 6.08 Å². The van der Waals surface area contributed by atoms with E-state index in [2.05, 4.69) is 39.3 Å². The molecule has 158 valence electrons. The number of piperidine rings is 1. The number of likely N-dealkylation sites (tertiary alicyclic amines) is 1. The fourth-order valence-electron chi connectivity index (χ4n) is 3.62. The molecule has 0 amide bonds. The van der Waals surface area contributed by atoms with Crippen LogP contribution in [0, 0.1) is 0 Å². The fourth-order valence-corrected chi connectivity index (χ4v) is 3.99. The number of hydrogen-bond donors (Lipinski definition) is 0. The summed E-state index contributed by atoms with van der Waals surface area (Å²) in [5, 5.41) is 4.09. The van der Waals surface area contributed by atoms with Gasteiger partial charge in [0.15, 0.2) is 0 Å². The van der Waals surface area contributed by atoms with Crippen LogP contribution in [0.15, 0.2) is 47.0 Å². The first-order chi connectivity index (χ1) is 13.8. The lowest BCUT2D eigenvalue weighted by Crippen LogP contribution is -2.38. The van der Waals surface area contributed by atoms with E-state index in [0.717, 1.165) is 38.7 Å². The second-order valence-corrected chi connectivity index (χ2v) is 9.12. The van der Waals surface area contributed by atoms with Crippen molar-refractivity contribution >= 4 is 16.2 Å². The topological polar surface area (TPSA) is 86.4 Å². The van der Waals surface area contributed by atoms with Crippen LogP contribution in [-0.4, -0.2) is 60.2 Å². The first-order valence-corrected chi connectivity index (χ1v) is 11.6. The van der Waals surface area contributed by atoms with Crippen molar-refractivity contribution < 1.29 is 12.6 Å². The Kier molecular flexibility index (Phi) is 7.05. The van der Waals surface area contributed by atoms with Crippen molar-refractivity contribution in [3.05, 3.63) is 58.3 Å². The average Bonchev–Trinajstić information content (AvgIpc) is 3.03. The first-order valence-electron chi connectivity index (χ1n) is 9.75. The molecule has 3 rings (SSSR count). The van der Waals surface area contributed by atoms with E-state index in [0.29, 0.717) is 0 Å². The monoisotopic (exact) mass is 420 g/mol. The van der Waals surface area contributed by atoms with Gasteiger partial charge in [-0.1, -0.05) is 42.0 Å². The van der Waals surface area contributed by atoms with Gasteiger partial charge in [-0.2, -0.15) is 13.5 Å². The highest BCUT2D eigenvalue weighted by Crippen LogP contribution is 2.21. The van der Waals surface area contributed by atoms with Crippen LogP contribution in [0.4, 0.5) is 0 Å². The molecule has 8 nitrogen and oxygen atoms in total. The molecule has 1 fully saturated rings. The Morgan fingerprint density at radius 3 is 2.59 bits per heavy atom. The van der Waals surface area contributed by atoms with E-state index in [1.54, 1.807) is 10.9 Å². The summed E-state index contributed by atoms with van der Waals surface area (Å²) in [6.07, 6.45) is 6.50. The lowest BCUT2D eigenvalue weighted by atomic mass is 10.0. The Hall–Kier alpha value is -2.23. The van der Waals surface area contributed by atoms with Gasteiger partial charge in [-0.3, -0.25) is 13.7 Å². The lowest BCUT2D eigenvalue weighted by Gasteiger charge is -2.32. The lowest BCUT2D eigenvalue weighted by molar-refractivity contribution is 0.197. The van der Waals surface area contributed by atoms with Gasteiger partial charge in [-0.05, 0) is 25.3 Å². The molecule has 1 aromatic heterocycles. The third-order valence-electron chi connectivity index (χ3n) is 4.99. The van der Waals surface area contributed by atoms with Crippen molar-refractivity contribution in [1.82, 2.24) is 19.2 Å². The molecular weight excluding hydrogens is 392 g/mol. The summed E-state index contributed by atoms with van der Waals surface area (Å²) >= 11 is 0. The van der Waals surface area contributed by atoms with Crippen molar-refractivity contribution in [2.24, 2.45) is 0 Å². The van der Waals surface area contributed by atoms with E-state index >= 15 is 0 Å². The molecule has 29 heavy (non-hydrogen) atoms. The van der Waals surface area contributed by atoms with Crippen molar-refractivity contribution in [1.29, 1.82) is 0 Å². The predicted molar refractivity (Wildman–Crippen MR) is 112 cm³/mol. The van der Waals surface area contributed by atoms with E-state index in [4.69, 9.17) is 0 Å². The Balaban J connectivity index is 1.52. The zero-order valence-electron chi connectivity index (χ0n) is 16.9. The quantitative estimate of drug-likeness (QED) is 0.605. The molecule has 1 aromatic carbocycles. The maximum Gasteiger partial charge on any atom is 0.346 e. The summed E-state index contributed by atoms with van der Waals surface area (Å²) in [7, 11) is -3.52. The molecular formula is C20H28N4O4S.